The lowest BCUT2D eigenvalue weighted by atomic mass is 9.97. The Balaban J connectivity index is 1.47. The van der Waals surface area contributed by atoms with Gasteiger partial charge in [0.2, 0.25) is 0 Å². The molecule has 2 aromatic heterocycles. The van der Waals surface area contributed by atoms with Gasteiger partial charge in [0.15, 0.2) is 11.1 Å². The van der Waals surface area contributed by atoms with Gasteiger partial charge < -0.3 is 19.3 Å². The molecule has 1 N–H and O–H groups in total. The lowest BCUT2D eigenvalue weighted by Gasteiger charge is -2.40. The summed E-state index contributed by atoms with van der Waals surface area (Å²) in [5.74, 6) is -0.0245. The Morgan fingerprint density at radius 2 is 1.79 bits per heavy atom. The first-order valence-corrected chi connectivity index (χ1v) is 11.9. The van der Waals surface area contributed by atoms with Crippen LogP contribution in [0.5, 0.6) is 5.75 Å². The Morgan fingerprint density at radius 3 is 2.44 bits per heavy atom. The molecule has 1 amide bonds. The molecular formula is C25H27ClN4O4. The Kier molecular flexibility index (Phi) is 5.51. The molecule has 2 bridgehead atoms. The number of halogens is 1. The molecule has 178 valence electrons. The van der Waals surface area contributed by atoms with Crippen molar-refractivity contribution in [2.75, 3.05) is 0 Å². The summed E-state index contributed by atoms with van der Waals surface area (Å²) < 4.78 is 7.65. The Morgan fingerprint density at radius 1 is 1.09 bits per heavy atom. The minimum atomic E-state index is -0.534. The van der Waals surface area contributed by atoms with Gasteiger partial charge in [0.25, 0.3) is 0 Å². The molecule has 0 saturated carbocycles. The van der Waals surface area contributed by atoms with Gasteiger partial charge in [-0.25, -0.2) is 4.79 Å². The number of pyridine rings is 1. The van der Waals surface area contributed by atoms with E-state index in [4.69, 9.17) is 16.3 Å². The van der Waals surface area contributed by atoms with Crippen LogP contribution in [0, 0.1) is 0 Å². The number of hydrogen-bond acceptors (Lipinski definition) is 6. The van der Waals surface area contributed by atoms with Crippen molar-refractivity contribution >= 4 is 28.7 Å². The molecule has 0 spiro atoms. The molecule has 2 aliphatic rings. The van der Waals surface area contributed by atoms with Gasteiger partial charge in [-0.05, 0) is 70.7 Å². The lowest BCUT2D eigenvalue weighted by molar-refractivity contribution is 0.00311. The summed E-state index contributed by atoms with van der Waals surface area (Å²) in [6, 6.07) is 8.20. The molecule has 2 saturated heterocycles. The van der Waals surface area contributed by atoms with E-state index in [9.17, 15) is 14.7 Å². The van der Waals surface area contributed by atoms with Crippen LogP contribution in [-0.4, -0.2) is 48.5 Å². The highest BCUT2D eigenvalue weighted by atomic mass is 35.5. The average Bonchev–Trinajstić information content (AvgIpc) is 3.03. The van der Waals surface area contributed by atoms with Crippen LogP contribution in [0.25, 0.3) is 22.3 Å². The van der Waals surface area contributed by atoms with Gasteiger partial charge in [-0.3, -0.25) is 4.79 Å². The van der Waals surface area contributed by atoms with Crippen molar-refractivity contribution in [2.24, 2.45) is 0 Å². The summed E-state index contributed by atoms with van der Waals surface area (Å²) in [5, 5.41) is 19.8. The summed E-state index contributed by atoms with van der Waals surface area (Å²) in [4.78, 5) is 27.4. The minimum absolute atomic E-state index is 0.0245. The number of phenolic OH excluding ortho intramolecular Hbond substituents is 1. The van der Waals surface area contributed by atoms with Gasteiger partial charge >= 0.3 is 6.09 Å². The van der Waals surface area contributed by atoms with E-state index in [2.05, 4.69) is 10.2 Å². The molecule has 3 atom stereocenters. The van der Waals surface area contributed by atoms with Crippen molar-refractivity contribution in [3.63, 3.8) is 0 Å². The van der Waals surface area contributed by atoms with Crippen molar-refractivity contribution < 1.29 is 14.6 Å². The third kappa shape index (κ3) is 4.11. The first-order valence-electron chi connectivity index (χ1n) is 11.5. The van der Waals surface area contributed by atoms with E-state index in [-0.39, 0.29) is 35.4 Å². The molecule has 3 aromatic rings. The molecule has 2 fully saturated rings. The first kappa shape index (κ1) is 22.7. The number of fused-ring (bicyclic) bond motifs is 3. The number of rotatable bonds is 2. The summed E-state index contributed by atoms with van der Waals surface area (Å²) in [6.45, 7) is 5.63. The van der Waals surface area contributed by atoms with E-state index in [1.807, 2.05) is 30.2 Å². The zero-order valence-electron chi connectivity index (χ0n) is 19.4. The topological polar surface area (TPSA) is 97.5 Å². The van der Waals surface area contributed by atoms with E-state index in [1.54, 1.807) is 24.4 Å². The molecule has 8 nitrogen and oxygen atoms in total. The summed E-state index contributed by atoms with van der Waals surface area (Å²) >= 11 is 5.94. The van der Waals surface area contributed by atoms with Crippen LogP contribution in [0.15, 0.2) is 41.3 Å². The predicted octanol–water partition coefficient (Wildman–Crippen LogP) is 4.92. The van der Waals surface area contributed by atoms with Gasteiger partial charge in [0.1, 0.15) is 11.4 Å². The third-order valence-corrected chi connectivity index (χ3v) is 6.85. The number of aromatic hydroxyl groups is 1. The highest BCUT2D eigenvalue weighted by Gasteiger charge is 2.45. The smallest absolute Gasteiger partial charge is 0.410 e. The fourth-order valence-corrected chi connectivity index (χ4v) is 5.37. The van der Waals surface area contributed by atoms with Crippen LogP contribution in [-0.2, 0) is 4.74 Å². The van der Waals surface area contributed by atoms with Gasteiger partial charge in [0, 0.05) is 41.0 Å². The maximum Gasteiger partial charge on any atom is 0.410 e. The molecule has 2 aliphatic heterocycles. The Hall–Kier alpha value is -3.13. The van der Waals surface area contributed by atoms with E-state index < -0.39 is 5.60 Å². The highest BCUT2D eigenvalue weighted by molar-refractivity contribution is 6.30. The van der Waals surface area contributed by atoms with Crippen LogP contribution in [0.2, 0.25) is 5.02 Å². The minimum Gasteiger partial charge on any atom is -0.507 e. The SMILES string of the molecule is CC(C)(C)OC(=O)N1[C@@H]2CC[C@H]1CC(n1ccc(=O)c3cc(-c4ccc(Cl)cc4O)nnc31)C2. The Labute approximate surface area is 202 Å². The van der Waals surface area contributed by atoms with E-state index in [0.717, 1.165) is 25.7 Å². The van der Waals surface area contributed by atoms with Crippen molar-refractivity contribution in [1.29, 1.82) is 0 Å². The Bertz CT molecular complexity index is 1320. The number of carbonyl (C=O) groups is 1. The second kappa shape index (κ2) is 8.27. The molecule has 0 aliphatic carbocycles. The van der Waals surface area contributed by atoms with Crippen LogP contribution >= 0.6 is 11.6 Å². The second-order valence-electron chi connectivity index (χ2n) is 10.1. The fourth-order valence-electron chi connectivity index (χ4n) is 5.20. The quantitative estimate of drug-likeness (QED) is 0.556. The van der Waals surface area contributed by atoms with Crippen LogP contribution in [0.4, 0.5) is 4.79 Å². The van der Waals surface area contributed by atoms with Crippen molar-refractivity contribution in [1.82, 2.24) is 19.7 Å². The van der Waals surface area contributed by atoms with E-state index >= 15 is 0 Å². The van der Waals surface area contributed by atoms with Crippen molar-refractivity contribution in [3.8, 4) is 17.0 Å². The third-order valence-electron chi connectivity index (χ3n) is 6.61. The zero-order chi connectivity index (χ0) is 24.2. The largest absolute Gasteiger partial charge is 0.507 e. The molecule has 1 aromatic carbocycles. The summed E-state index contributed by atoms with van der Waals surface area (Å²) in [5.41, 5.74) is 0.659. The highest BCUT2D eigenvalue weighted by Crippen LogP contribution is 2.42. The maximum absolute atomic E-state index is 12.8. The number of amides is 1. The number of phenols is 1. The standard InChI is InChI=1S/C25H27ClN4O4/c1-25(2,3)34-24(33)30-15-5-6-16(30)12-17(11-15)29-9-8-21(31)19-13-20(27-28-23(19)29)18-7-4-14(26)10-22(18)32/h4,7-10,13,15-17,32H,5-6,11-12H2,1-3H3/t15-,16+,17?. The van der Waals surface area contributed by atoms with Gasteiger partial charge in [-0.2, -0.15) is 0 Å². The number of hydrogen-bond donors (Lipinski definition) is 1. The monoisotopic (exact) mass is 482 g/mol. The zero-order valence-corrected chi connectivity index (χ0v) is 20.1. The van der Waals surface area contributed by atoms with E-state index in [1.165, 1.54) is 12.1 Å². The number of aromatic nitrogens is 3. The van der Waals surface area contributed by atoms with Crippen molar-refractivity contribution in [3.05, 3.63) is 51.8 Å². The number of carbonyl (C=O) groups excluding carboxylic acids is 1. The number of piperidine rings is 1. The molecule has 4 heterocycles. The molecule has 1 unspecified atom stereocenters. The van der Waals surface area contributed by atoms with Crippen LogP contribution in [0.3, 0.4) is 0 Å². The first-order chi connectivity index (χ1) is 16.1. The van der Waals surface area contributed by atoms with E-state index in [0.29, 0.717) is 27.3 Å². The lowest BCUT2D eigenvalue weighted by Crippen LogP contribution is -2.48. The van der Waals surface area contributed by atoms with Gasteiger partial charge in [-0.1, -0.05) is 11.6 Å². The molecule has 34 heavy (non-hydrogen) atoms. The van der Waals surface area contributed by atoms with Crippen LogP contribution in [0.1, 0.15) is 52.5 Å². The van der Waals surface area contributed by atoms with Crippen LogP contribution < -0.4 is 5.43 Å². The molecular weight excluding hydrogens is 456 g/mol. The predicted molar refractivity (Wildman–Crippen MR) is 129 cm³/mol. The number of nitrogens with zero attached hydrogens (tertiary/aromatic N) is 4. The molecule has 9 heteroatoms. The number of ether oxygens (including phenoxy) is 1. The fraction of sp³-hybridized carbons (Fsp3) is 0.440. The molecule has 5 rings (SSSR count). The number of benzene rings is 1. The maximum atomic E-state index is 12.8. The second-order valence-corrected chi connectivity index (χ2v) is 10.5. The normalized spacial score (nSPS) is 22.2. The average molecular weight is 483 g/mol. The molecule has 0 radical (unpaired) electrons. The van der Waals surface area contributed by atoms with Crippen molar-refractivity contribution in [2.45, 2.75) is 70.2 Å². The summed E-state index contributed by atoms with van der Waals surface area (Å²) in [7, 11) is 0. The van der Waals surface area contributed by atoms with Gasteiger partial charge in [0.05, 0.1) is 11.1 Å². The van der Waals surface area contributed by atoms with Gasteiger partial charge in [-0.15, -0.1) is 10.2 Å². The summed E-state index contributed by atoms with van der Waals surface area (Å²) in [6.07, 6.45) is 4.90.